The van der Waals surface area contributed by atoms with Crippen LogP contribution in [0.3, 0.4) is 0 Å². The van der Waals surface area contributed by atoms with Gasteiger partial charge in [-0.3, -0.25) is 5.10 Å². The molecule has 6 heterocycles. The van der Waals surface area contributed by atoms with Crippen molar-refractivity contribution >= 4 is 39.2 Å². The van der Waals surface area contributed by atoms with E-state index < -0.39 is 5.82 Å². The number of fused-ring (bicyclic) bond motifs is 7. The van der Waals surface area contributed by atoms with Crippen LogP contribution < -0.4 is 24.4 Å². The number of aromatic amines is 1. The number of ether oxygens (including phenoxy) is 4. The van der Waals surface area contributed by atoms with Gasteiger partial charge in [0.1, 0.15) is 36.5 Å². The Morgan fingerprint density at radius 1 is 1.19 bits per heavy atom. The lowest BCUT2D eigenvalue weighted by Crippen LogP contribution is -2.53. The molecule has 0 aliphatic carbocycles. The number of rotatable bonds is 6. The average Bonchev–Trinajstić information content (AvgIpc) is 3.90. The fourth-order valence-electron chi connectivity index (χ4n) is 7.49. The summed E-state index contributed by atoms with van der Waals surface area (Å²) in [4.78, 5) is 12.4. The van der Waals surface area contributed by atoms with Gasteiger partial charge >= 0.3 is 6.01 Å². The van der Waals surface area contributed by atoms with Gasteiger partial charge in [-0.15, -0.1) is 6.42 Å². The zero-order chi connectivity index (χ0) is 31.8. The van der Waals surface area contributed by atoms with Gasteiger partial charge in [0.15, 0.2) is 11.5 Å². The van der Waals surface area contributed by atoms with Gasteiger partial charge < -0.3 is 29.2 Å². The fourth-order valence-corrected chi connectivity index (χ4v) is 7.82. The summed E-state index contributed by atoms with van der Waals surface area (Å²) in [6.07, 6.45) is 8.78. The minimum atomic E-state index is -0.410. The van der Waals surface area contributed by atoms with E-state index >= 15 is 4.39 Å². The molecule has 2 bridgehead atoms. The highest BCUT2D eigenvalue weighted by molar-refractivity contribution is 6.38. The number of benzene rings is 3. The smallest absolute Gasteiger partial charge is 0.319 e. The molecule has 0 spiro atoms. The highest BCUT2D eigenvalue weighted by Crippen LogP contribution is 2.55. The minimum absolute atomic E-state index is 0.0250. The third kappa shape index (κ3) is 4.50. The highest BCUT2D eigenvalue weighted by Gasteiger charge is 2.49. The first-order valence-electron chi connectivity index (χ1n) is 15.8. The maximum Gasteiger partial charge on any atom is 0.319 e. The molecule has 10 nitrogen and oxygen atoms in total. The van der Waals surface area contributed by atoms with Crippen molar-refractivity contribution in [2.24, 2.45) is 0 Å². The molecular weight excluding hydrogens is 623 g/mol. The quantitative estimate of drug-likeness (QED) is 0.236. The maximum absolute atomic E-state index is 15.6. The molecule has 3 aromatic carbocycles. The molecule has 5 aromatic rings. The lowest BCUT2D eigenvalue weighted by atomic mass is 9.93. The Balaban J connectivity index is 1.33. The first-order valence-corrected chi connectivity index (χ1v) is 16.1. The third-order valence-corrected chi connectivity index (χ3v) is 10.2. The maximum atomic E-state index is 15.6. The van der Waals surface area contributed by atoms with E-state index in [1.54, 1.807) is 13.1 Å². The number of nitrogens with one attached hydrogen (secondary N) is 2. The summed E-state index contributed by atoms with van der Waals surface area (Å²) in [5, 5.41) is 12.4. The van der Waals surface area contributed by atoms with Crippen molar-refractivity contribution in [2.45, 2.75) is 50.6 Å². The van der Waals surface area contributed by atoms with Crippen LogP contribution in [0.5, 0.6) is 17.5 Å². The van der Waals surface area contributed by atoms with Crippen LogP contribution >= 0.6 is 11.6 Å². The van der Waals surface area contributed by atoms with Crippen molar-refractivity contribution in [1.82, 2.24) is 25.5 Å². The molecule has 4 aliphatic heterocycles. The van der Waals surface area contributed by atoms with Gasteiger partial charge in [0.05, 0.1) is 41.4 Å². The Hall–Kier alpha value is -4.63. The largest absolute Gasteiger partial charge is 0.489 e. The van der Waals surface area contributed by atoms with Gasteiger partial charge in [-0.25, -0.2) is 4.39 Å². The van der Waals surface area contributed by atoms with E-state index in [0.29, 0.717) is 75.6 Å². The second-order valence-electron chi connectivity index (χ2n) is 12.5. The van der Waals surface area contributed by atoms with Crippen LogP contribution in [-0.4, -0.2) is 70.8 Å². The number of halogens is 2. The van der Waals surface area contributed by atoms with E-state index in [2.05, 4.69) is 26.3 Å². The van der Waals surface area contributed by atoms with E-state index in [9.17, 15) is 0 Å². The minimum Gasteiger partial charge on any atom is -0.489 e. The topological polar surface area (TPSA) is 107 Å². The molecule has 12 heteroatoms. The first-order chi connectivity index (χ1) is 23.0. The van der Waals surface area contributed by atoms with Crippen molar-refractivity contribution in [2.75, 3.05) is 31.3 Å². The molecule has 0 saturated carbocycles. The van der Waals surface area contributed by atoms with E-state index in [0.717, 1.165) is 30.5 Å². The predicted octanol–water partition coefficient (Wildman–Crippen LogP) is 5.31. The van der Waals surface area contributed by atoms with Crippen LogP contribution in [-0.2, 0) is 11.3 Å². The molecule has 47 heavy (non-hydrogen) atoms. The summed E-state index contributed by atoms with van der Waals surface area (Å²) in [5.41, 5.74) is 4.02. The number of aromatic nitrogens is 4. The molecule has 3 saturated heterocycles. The lowest BCUT2D eigenvalue weighted by molar-refractivity contribution is 0.134. The van der Waals surface area contributed by atoms with Gasteiger partial charge in [-0.1, -0.05) is 29.7 Å². The number of anilines is 1. The average molecular weight is 653 g/mol. The number of nitrogens with zero attached hydrogens (tertiary/aromatic N) is 4. The van der Waals surface area contributed by atoms with Crippen LogP contribution in [0.25, 0.3) is 32.9 Å². The Morgan fingerprint density at radius 2 is 2.06 bits per heavy atom. The number of hydrogen-bond donors (Lipinski definition) is 2. The molecule has 3 fully saturated rings. The monoisotopic (exact) mass is 652 g/mol. The Labute approximate surface area is 274 Å². The Bertz CT molecular complexity index is 2110. The van der Waals surface area contributed by atoms with E-state index in [1.807, 2.05) is 24.3 Å². The van der Waals surface area contributed by atoms with Crippen molar-refractivity contribution in [3.05, 3.63) is 64.1 Å². The van der Waals surface area contributed by atoms with E-state index in [4.69, 9.17) is 46.9 Å². The van der Waals surface area contributed by atoms with Crippen LogP contribution in [0.1, 0.15) is 29.5 Å². The summed E-state index contributed by atoms with van der Waals surface area (Å²) < 4.78 is 40.9. The molecule has 4 atom stereocenters. The molecule has 238 valence electrons. The number of terminal acetylenes is 1. The van der Waals surface area contributed by atoms with Gasteiger partial charge in [-0.2, -0.15) is 15.1 Å². The highest BCUT2D eigenvalue weighted by atomic mass is 35.5. The molecule has 3 unspecified atom stereocenters. The Kier molecular flexibility index (Phi) is 6.68. The van der Waals surface area contributed by atoms with Crippen LogP contribution in [0.4, 0.5) is 10.2 Å². The van der Waals surface area contributed by atoms with Gasteiger partial charge in [-0.05, 0) is 42.7 Å². The molecule has 0 radical (unpaired) electrons. The second-order valence-corrected chi connectivity index (χ2v) is 12.9. The van der Waals surface area contributed by atoms with Gasteiger partial charge in [0.2, 0.25) is 0 Å². The summed E-state index contributed by atoms with van der Waals surface area (Å²) in [6, 6.07) is 9.69. The molecule has 2 N–H and O–H groups in total. The third-order valence-electron chi connectivity index (χ3n) is 9.81. The van der Waals surface area contributed by atoms with Gasteiger partial charge in [0.25, 0.3) is 0 Å². The lowest BCUT2D eigenvalue weighted by Gasteiger charge is -2.35. The van der Waals surface area contributed by atoms with E-state index in [1.165, 1.54) is 6.07 Å². The second kappa shape index (κ2) is 11.0. The summed E-state index contributed by atoms with van der Waals surface area (Å²) in [7, 11) is 0. The molecule has 9 rings (SSSR count). The van der Waals surface area contributed by atoms with Crippen molar-refractivity contribution < 1.29 is 23.3 Å². The van der Waals surface area contributed by atoms with Crippen LogP contribution in [0.15, 0.2) is 36.5 Å². The fraction of sp³-hybridized carbons (Fsp3) is 0.343. The molecule has 2 aromatic heterocycles. The zero-order valence-corrected chi connectivity index (χ0v) is 26.2. The SMILES string of the molecule is C#Cc1ccc(COc2c(-c3c(C)c(F)cc4[nH]ncc34)c(Cl)c3c4c(nc(OC5CCOC5)nc24)N2C(CO3)C3C[C@H]2CN3)cc1. The predicted molar refractivity (Wildman–Crippen MR) is 175 cm³/mol. The molecular formula is C35H30ClFN6O4. The summed E-state index contributed by atoms with van der Waals surface area (Å²) in [5.74, 6) is 3.73. The van der Waals surface area contributed by atoms with Crippen LogP contribution in [0, 0.1) is 25.1 Å². The van der Waals surface area contributed by atoms with Crippen LogP contribution in [0.2, 0.25) is 5.02 Å². The normalized spacial score (nSPS) is 22.7. The molecule has 4 aliphatic rings. The first kappa shape index (κ1) is 28.6. The number of piperazine rings is 1. The number of hydrogen-bond acceptors (Lipinski definition) is 9. The summed E-state index contributed by atoms with van der Waals surface area (Å²) >= 11 is 7.42. The zero-order valence-electron chi connectivity index (χ0n) is 25.5. The molecule has 0 amide bonds. The number of H-pyrrole nitrogens is 1. The van der Waals surface area contributed by atoms with Crippen molar-refractivity contribution in [3.8, 4) is 41.0 Å². The summed E-state index contributed by atoms with van der Waals surface area (Å²) in [6.45, 7) is 4.17. The van der Waals surface area contributed by atoms with E-state index in [-0.39, 0.29) is 41.9 Å². The van der Waals surface area contributed by atoms with Gasteiger partial charge in [0, 0.05) is 47.1 Å². The van der Waals surface area contributed by atoms with Crippen molar-refractivity contribution in [1.29, 1.82) is 0 Å². The van der Waals surface area contributed by atoms with Crippen molar-refractivity contribution in [3.63, 3.8) is 0 Å². The standard InChI is InChI=1S/C35H30ClFN6O4/c1-3-18-4-6-19(7-5-18)14-45-33-28(27-17(2)23(37)11-24-22(27)13-39-42-24)30(36)32-29-31(33)40-35(47-21-8-9-44-15-21)41-34(29)43-20-10-25(38-12-20)26(43)16-46-32/h1,4-7,11,13,20-21,25-26,38H,8-10,12,14-16H2,2H3,(H,39,42)/t20-,21?,25?,26?/m0/s1. The Morgan fingerprint density at radius 3 is 2.87 bits per heavy atom.